The van der Waals surface area contributed by atoms with Gasteiger partial charge in [0.1, 0.15) is 5.75 Å². The summed E-state index contributed by atoms with van der Waals surface area (Å²) in [5.41, 5.74) is 1.05. The van der Waals surface area contributed by atoms with Crippen LogP contribution in [-0.4, -0.2) is 56.8 Å². The second-order valence-electron chi connectivity index (χ2n) is 7.65. The highest BCUT2D eigenvalue weighted by atomic mass is 32.2. The fourth-order valence-electron chi connectivity index (χ4n) is 3.89. The largest absolute Gasteiger partial charge is 0.497 e. The summed E-state index contributed by atoms with van der Waals surface area (Å²) in [6.45, 7) is 1.42. The molecule has 3 aromatic rings. The van der Waals surface area contributed by atoms with E-state index in [4.69, 9.17) is 4.74 Å². The first-order valence-electron chi connectivity index (χ1n) is 10.4. The number of methoxy groups -OCH3 is 1. The molecule has 31 heavy (non-hydrogen) atoms. The molecule has 0 radical (unpaired) electrons. The molecule has 1 heterocycles. The Morgan fingerprint density at radius 3 is 2.39 bits per heavy atom. The molecule has 3 aromatic carbocycles. The average Bonchev–Trinajstić information content (AvgIpc) is 2.82. The summed E-state index contributed by atoms with van der Waals surface area (Å²) >= 11 is 0. The van der Waals surface area contributed by atoms with Gasteiger partial charge < -0.3 is 9.64 Å². The summed E-state index contributed by atoms with van der Waals surface area (Å²) in [6.07, 6.45) is 1.02. The van der Waals surface area contributed by atoms with Gasteiger partial charge in [-0.15, -0.1) is 0 Å². The van der Waals surface area contributed by atoms with Crippen molar-refractivity contribution in [2.45, 2.75) is 17.7 Å². The number of nitrogens with zero attached hydrogens (tertiary/aromatic N) is 2. The van der Waals surface area contributed by atoms with Crippen LogP contribution in [0.15, 0.2) is 71.6 Å². The molecular formula is C24H26N2O4S. The molecule has 1 aliphatic heterocycles. The number of carbonyl (C=O) groups excluding carboxylic acids is 1. The summed E-state index contributed by atoms with van der Waals surface area (Å²) in [6, 6.07) is 20.6. The van der Waals surface area contributed by atoms with Gasteiger partial charge in [-0.25, -0.2) is 8.42 Å². The van der Waals surface area contributed by atoms with Crippen molar-refractivity contribution in [2.24, 2.45) is 0 Å². The van der Waals surface area contributed by atoms with Crippen LogP contribution in [0.5, 0.6) is 5.75 Å². The van der Waals surface area contributed by atoms with E-state index in [-0.39, 0.29) is 5.91 Å². The summed E-state index contributed by atoms with van der Waals surface area (Å²) in [7, 11) is -1.96. The van der Waals surface area contributed by atoms with Crippen LogP contribution < -0.4 is 4.74 Å². The second-order valence-corrected chi connectivity index (χ2v) is 9.58. The monoisotopic (exact) mass is 438 g/mol. The first-order valence-corrected chi connectivity index (χ1v) is 11.8. The Morgan fingerprint density at radius 2 is 1.65 bits per heavy atom. The second kappa shape index (κ2) is 9.08. The number of hydrogen-bond donors (Lipinski definition) is 0. The van der Waals surface area contributed by atoms with Gasteiger partial charge in [0, 0.05) is 32.6 Å². The Labute approximate surface area is 183 Å². The number of carbonyl (C=O) groups is 1. The number of rotatable bonds is 6. The van der Waals surface area contributed by atoms with Crippen molar-refractivity contribution in [3.63, 3.8) is 0 Å². The van der Waals surface area contributed by atoms with E-state index >= 15 is 0 Å². The van der Waals surface area contributed by atoms with Gasteiger partial charge in [0.25, 0.3) is 0 Å². The first-order chi connectivity index (χ1) is 15.0. The molecule has 0 atom stereocenters. The number of fused-ring (bicyclic) bond motifs is 1. The molecule has 0 N–H and O–H groups in total. The third-order valence-electron chi connectivity index (χ3n) is 5.71. The maximum atomic E-state index is 13.1. The predicted octanol–water partition coefficient (Wildman–Crippen LogP) is 3.31. The molecule has 0 bridgehead atoms. The van der Waals surface area contributed by atoms with E-state index in [0.717, 1.165) is 22.1 Å². The third-order valence-corrected chi connectivity index (χ3v) is 7.61. The van der Waals surface area contributed by atoms with E-state index in [1.54, 1.807) is 24.1 Å². The van der Waals surface area contributed by atoms with Crippen LogP contribution in [0.25, 0.3) is 10.8 Å². The highest BCUT2D eigenvalue weighted by molar-refractivity contribution is 7.89. The van der Waals surface area contributed by atoms with E-state index in [0.29, 0.717) is 43.9 Å². The van der Waals surface area contributed by atoms with Gasteiger partial charge >= 0.3 is 0 Å². The van der Waals surface area contributed by atoms with Crippen molar-refractivity contribution < 1.29 is 17.9 Å². The van der Waals surface area contributed by atoms with Crippen LogP contribution in [0.3, 0.4) is 0 Å². The lowest BCUT2D eigenvalue weighted by molar-refractivity contribution is -0.132. The Balaban J connectivity index is 1.36. The SMILES string of the molecule is COc1cccc(CCC(=O)N2CCN(S(=O)(=O)c3ccc4ccccc4c3)CC2)c1. The van der Waals surface area contributed by atoms with Crippen molar-refractivity contribution in [3.05, 3.63) is 72.3 Å². The standard InChI is InChI=1S/C24H26N2O4S/c1-30-22-8-4-5-19(17-22)9-12-24(27)25-13-15-26(16-14-25)31(28,29)23-11-10-20-6-2-3-7-21(20)18-23/h2-8,10-11,17-18H,9,12-16H2,1H3. The normalized spacial score (nSPS) is 15.2. The Bertz CT molecular complexity index is 1180. The van der Waals surface area contributed by atoms with Crippen LogP contribution in [0.1, 0.15) is 12.0 Å². The Kier molecular flexibility index (Phi) is 6.25. The maximum Gasteiger partial charge on any atom is 0.243 e. The quantitative estimate of drug-likeness (QED) is 0.592. The molecule has 1 amide bonds. The summed E-state index contributed by atoms with van der Waals surface area (Å²) < 4.78 is 32.9. The molecular weight excluding hydrogens is 412 g/mol. The molecule has 1 fully saturated rings. The fraction of sp³-hybridized carbons (Fsp3) is 0.292. The topological polar surface area (TPSA) is 66.9 Å². The first kappa shape index (κ1) is 21.3. The summed E-state index contributed by atoms with van der Waals surface area (Å²) in [5.74, 6) is 0.822. The van der Waals surface area contributed by atoms with Crippen molar-refractivity contribution >= 4 is 26.7 Å². The van der Waals surface area contributed by atoms with Crippen molar-refractivity contribution in [3.8, 4) is 5.75 Å². The molecule has 4 rings (SSSR count). The van der Waals surface area contributed by atoms with Crippen molar-refractivity contribution in [2.75, 3.05) is 33.3 Å². The molecule has 1 aliphatic rings. The van der Waals surface area contributed by atoms with Crippen molar-refractivity contribution in [1.29, 1.82) is 0 Å². The molecule has 1 saturated heterocycles. The Hall–Kier alpha value is -2.90. The molecule has 6 nitrogen and oxygen atoms in total. The lowest BCUT2D eigenvalue weighted by Gasteiger charge is -2.34. The van der Waals surface area contributed by atoms with Gasteiger partial charge in [-0.05, 0) is 47.0 Å². The number of hydrogen-bond acceptors (Lipinski definition) is 4. The van der Waals surface area contributed by atoms with Gasteiger partial charge in [0.2, 0.25) is 15.9 Å². The zero-order valence-electron chi connectivity index (χ0n) is 17.5. The van der Waals surface area contributed by atoms with Gasteiger partial charge in [-0.1, -0.05) is 42.5 Å². The van der Waals surface area contributed by atoms with Gasteiger partial charge in [-0.2, -0.15) is 4.31 Å². The number of aryl methyl sites for hydroxylation is 1. The number of ether oxygens (including phenoxy) is 1. The van der Waals surface area contributed by atoms with Crippen LogP contribution in [0, 0.1) is 0 Å². The minimum atomic E-state index is -3.58. The minimum Gasteiger partial charge on any atom is -0.497 e. The van der Waals surface area contributed by atoms with E-state index < -0.39 is 10.0 Å². The zero-order chi connectivity index (χ0) is 21.8. The minimum absolute atomic E-state index is 0.0468. The lowest BCUT2D eigenvalue weighted by Crippen LogP contribution is -2.50. The number of benzene rings is 3. The van der Waals surface area contributed by atoms with Crippen LogP contribution in [-0.2, 0) is 21.2 Å². The number of sulfonamides is 1. The van der Waals surface area contributed by atoms with E-state index in [2.05, 4.69) is 0 Å². The zero-order valence-corrected chi connectivity index (χ0v) is 18.3. The lowest BCUT2D eigenvalue weighted by atomic mass is 10.1. The average molecular weight is 439 g/mol. The van der Waals surface area contributed by atoms with E-state index in [1.165, 1.54) is 4.31 Å². The summed E-state index contributed by atoms with van der Waals surface area (Å²) in [5, 5.41) is 1.91. The highest BCUT2D eigenvalue weighted by Gasteiger charge is 2.30. The molecule has 0 unspecified atom stereocenters. The van der Waals surface area contributed by atoms with Crippen LogP contribution >= 0.6 is 0 Å². The maximum absolute atomic E-state index is 13.1. The molecule has 162 valence electrons. The molecule has 7 heteroatoms. The Morgan fingerprint density at radius 1 is 0.903 bits per heavy atom. The predicted molar refractivity (Wildman–Crippen MR) is 121 cm³/mol. The number of amides is 1. The molecule has 0 aromatic heterocycles. The number of piperazine rings is 1. The van der Waals surface area contributed by atoms with Crippen LogP contribution in [0.4, 0.5) is 0 Å². The van der Waals surface area contributed by atoms with Crippen molar-refractivity contribution in [1.82, 2.24) is 9.21 Å². The summed E-state index contributed by atoms with van der Waals surface area (Å²) in [4.78, 5) is 14.7. The fourth-order valence-corrected chi connectivity index (χ4v) is 5.35. The van der Waals surface area contributed by atoms with Gasteiger partial charge in [0.05, 0.1) is 12.0 Å². The van der Waals surface area contributed by atoms with Gasteiger partial charge in [-0.3, -0.25) is 4.79 Å². The molecule has 0 spiro atoms. The third kappa shape index (κ3) is 4.73. The highest BCUT2D eigenvalue weighted by Crippen LogP contribution is 2.23. The van der Waals surface area contributed by atoms with Crippen LogP contribution in [0.2, 0.25) is 0 Å². The van der Waals surface area contributed by atoms with E-state index in [9.17, 15) is 13.2 Å². The molecule has 0 saturated carbocycles. The van der Waals surface area contributed by atoms with E-state index in [1.807, 2.05) is 54.6 Å². The molecule has 0 aliphatic carbocycles. The van der Waals surface area contributed by atoms with Gasteiger partial charge in [0.15, 0.2) is 0 Å². The smallest absolute Gasteiger partial charge is 0.243 e.